The van der Waals surface area contributed by atoms with Crippen molar-refractivity contribution in [2.24, 2.45) is 0 Å². The summed E-state index contributed by atoms with van der Waals surface area (Å²) in [6.07, 6.45) is -3.96. The van der Waals surface area contributed by atoms with Crippen molar-refractivity contribution in [3.8, 4) is 0 Å². The molecule has 0 bridgehead atoms. The van der Waals surface area contributed by atoms with Gasteiger partial charge >= 0.3 is 17.8 Å². The smallest absolute Gasteiger partial charge is 0.215 e. The molecule has 0 radical (unpaired) electrons. The summed E-state index contributed by atoms with van der Waals surface area (Å²) in [7, 11) is 0. The highest BCUT2D eigenvalue weighted by Crippen LogP contribution is 2.67. The van der Waals surface area contributed by atoms with Crippen LogP contribution in [-0.2, 0) is 0 Å². The zero-order valence-electron chi connectivity index (χ0n) is 6.85. The number of hydrogen-bond donors (Lipinski definition) is 0. The highest BCUT2D eigenvalue weighted by molar-refractivity contribution is 5.52. The van der Waals surface area contributed by atoms with Crippen LogP contribution >= 0.6 is 0 Å². The molecular formula is C8H2F7+. The van der Waals surface area contributed by atoms with E-state index in [4.69, 9.17) is 0 Å². The predicted molar refractivity (Wildman–Crippen MR) is 35.1 cm³/mol. The van der Waals surface area contributed by atoms with E-state index in [1.807, 2.05) is 0 Å². The molecule has 2 aliphatic rings. The zero-order valence-corrected chi connectivity index (χ0v) is 6.85. The number of alkyl halides is 2. The molecule has 0 heterocycles. The van der Waals surface area contributed by atoms with Crippen molar-refractivity contribution >= 4 is 0 Å². The van der Waals surface area contributed by atoms with Crippen molar-refractivity contribution in [2.45, 2.75) is 17.8 Å². The number of halogens is 7. The van der Waals surface area contributed by atoms with Gasteiger partial charge in [-0.3, -0.25) is 0 Å². The molecule has 0 aromatic heterocycles. The van der Waals surface area contributed by atoms with E-state index in [1.165, 1.54) is 0 Å². The van der Waals surface area contributed by atoms with E-state index in [0.29, 0.717) is 0 Å². The summed E-state index contributed by atoms with van der Waals surface area (Å²) in [6.45, 7) is 0. The molecule has 82 valence electrons. The maximum atomic E-state index is 13.2. The summed E-state index contributed by atoms with van der Waals surface area (Å²) in [6, 6.07) is 0. The largest absolute Gasteiger partial charge is 0.310 e. The second-order valence-corrected chi connectivity index (χ2v) is 3.35. The van der Waals surface area contributed by atoms with Crippen LogP contribution in [0.25, 0.3) is 0 Å². The van der Waals surface area contributed by atoms with E-state index in [1.54, 1.807) is 0 Å². The maximum Gasteiger partial charge on any atom is 0.310 e. The Morgan fingerprint density at radius 2 is 1.20 bits per heavy atom. The first kappa shape index (κ1) is 10.4. The molecule has 0 aliphatic heterocycles. The van der Waals surface area contributed by atoms with Crippen LogP contribution in [0.1, 0.15) is 6.42 Å². The molecule has 0 spiro atoms. The molecule has 15 heavy (non-hydrogen) atoms. The Balaban J connectivity index is 2.64. The summed E-state index contributed by atoms with van der Waals surface area (Å²) < 4.78 is 89.5. The summed E-state index contributed by atoms with van der Waals surface area (Å²) in [4.78, 5) is 0. The maximum absolute atomic E-state index is 13.2. The first-order chi connectivity index (χ1) is 6.75. The SMILES string of the molecule is FC1=C(F)C2(F)CC2(F)C(F)=C(F)[C+]1F. The molecule has 2 unspecified atom stereocenters. The van der Waals surface area contributed by atoms with Gasteiger partial charge in [-0.25, -0.2) is 8.78 Å². The Morgan fingerprint density at radius 3 is 1.53 bits per heavy atom. The van der Waals surface area contributed by atoms with Gasteiger partial charge in [0.2, 0.25) is 0 Å². The Kier molecular flexibility index (Phi) is 1.74. The van der Waals surface area contributed by atoms with Gasteiger partial charge in [-0.2, -0.15) is 8.78 Å². The molecule has 1 fully saturated rings. The molecule has 0 nitrogen and oxygen atoms in total. The van der Waals surface area contributed by atoms with Gasteiger partial charge in [0.1, 0.15) is 0 Å². The molecule has 0 aromatic carbocycles. The summed E-state index contributed by atoms with van der Waals surface area (Å²) in [5, 5.41) is 0. The van der Waals surface area contributed by atoms with Crippen LogP contribution in [0.3, 0.4) is 0 Å². The Hall–Kier alpha value is -1.14. The number of fused-ring (bicyclic) bond motifs is 1. The van der Waals surface area contributed by atoms with Crippen LogP contribution in [0.4, 0.5) is 30.7 Å². The first-order valence-corrected chi connectivity index (χ1v) is 3.78. The van der Waals surface area contributed by atoms with Gasteiger partial charge in [0.05, 0.1) is 6.42 Å². The Morgan fingerprint density at radius 1 is 0.867 bits per heavy atom. The van der Waals surface area contributed by atoms with Crippen LogP contribution in [0, 0.1) is 6.17 Å². The number of rotatable bonds is 0. The van der Waals surface area contributed by atoms with Crippen molar-refractivity contribution < 1.29 is 30.7 Å². The van der Waals surface area contributed by atoms with E-state index in [-0.39, 0.29) is 0 Å². The quantitative estimate of drug-likeness (QED) is 0.441. The highest BCUT2D eigenvalue weighted by atomic mass is 19.2. The lowest BCUT2D eigenvalue weighted by Gasteiger charge is -1.99. The number of hydrogen-bond acceptors (Lipinski definition) is 0. The Labute approximate surface area is 79.1 Å². The molecule has 2 rings (SSSR count). The van der Waals surface area contributed by atoms with Gasteiger partial charge in [0.15, 0.2) is 0 Å². The molecule has 1 saturated carbocycles. The normalized spacial score (nSPS) is 40.6. The minimum atomic E-state index is -3.63. The minimum Gasteiger partial charge on any atom is -0.215 e. The third-order valence-corrected chi connectivity index (χ3v) is 2.46. The van der Waals surface area contributed by atoms with Crippen LogP contribution in [0.5, 0.6) is 0 Å². The first-order valence-electron chi connectivity index (χ1n) is 3.78. The summed E-state index contributed by atoms with van der Waals surface area (Å²) in [5.41, 5.74) is -7.27. The van der Waals surface area contributed by atoms with Crippen LogP contribution < -0.4 is 0 Å². The molecule has 2 atom stereocenters. The molecular weight excluding hydrogens is 229 g/mol. The van der Waals surface area contributed by atoms with Gasteiger partial charge in [0.25, 0.3) is 23.0 Å². The van der Waals surface area contributed by atoms with Gasteiger partial charge in [-0.05, 0) is 0 Å². The van der Waals surface area contributed by atoms with Crippen LogP contribution in [-0.4, -0.2) is 11.3 Å². The van der Waals surface area contributed by atoms with Crippen molar-refractivity contribution in [1.82, 2.24) is 0 Å². The van der Waals surface area contributed by atoms with Crippen molar-refractivity contribution in [1.29, 1.82) is 0 Å². The summed E-state index contributed by atoms with van der Waals surface area (Å²) in [5.74, 6) is -9.99. The third kappa shape index (κ3) is 0.955. The zero-order chi connectivity index (χ0) is 11.6. The van der Waals surface area contributed by atoms with E-state index in [0.717, 1.165) is 0 Å². The van der Waals surface area contributed by atoms with Gasteiger partial charge < -0.3 is 0 Å². The molecule has 7 heteroatoms. The van der Waals surface area contributed by atoms with E-state index in [9.17, 15) is 30.7 Å². The lowest BCUT2D eigenvalue weighted by molar-refractivity contribution is 0.174. The lowest BCUT2D eigenvalue weighted by atomic mass is 10.2. The van der Waals surface area contributed by atoms with E-state index < -0.39 is 47.2 Å². The van der Waals surface area contributed by atoms with Crippen LogP contribution in [0.2, 0.25) is 0 Å². The second kappa shape index (κ2) is 2.51. The fourth-order valence-electron chi connectivity index (χ4n) is 1.43. The molecule has 0 saturated heterocycles. The van der Waals surface area contributed by atoms with E-state index in [2.05, 4.69) is 0 Å². The van der Waals surface area contributed by atoms with Crippen molar-refractivity contribution in [3.63, 3.8) is 0 Å². The minimum absolute atomic E-state index is 1.40. The average molecular weight is 231 g/mol. The van der Waals surface area contributed by atoms with Gasteiger partial charge in [-0.15, -0.1) is 13.2 Å². The fraction of sp³-hybridized carbons (Fsp3) is 0.375. The van der Waals surface area contributed by atoms with Gasteiger partial charge in [-0.1, -0.05) is 0 Å². The summed E-state index contributed by atoms with van der Waals surface area (Å²) >= 11 is 0. The highest BCUT2D eigenvalue weighted by Gasteiger charge is 2.85. The second-order valence-electron chi connectivity index (χ2n) is 3.35. The van der Waals surface area contributed by atoms with E-state index >= 15 is 0 Å². The van der Waals surface area contributed by atoms with Crippen LogP contribution in [0.15, 0.2) is 23.3 Å². The monoisotopic (exact) mass is 231 g/mol. The molecule has 2 aliphatic carbocycles. The molecule has 0 N–H and O–H groups in total. The Bertz CT molecular complexity index is 362. The van der Waals surface area contributed by atoms with Crippen molar-refractivity contribution in [2.75, 3.05) is 0 Å². The third-order valence-electron chi connectivity index (χ3n) is 2.46. The standard InChI is InChI=1S/C8H2F7/c9-2-3(10)5(12)7(14)1-8(7,15)6(13)4(2)11/h1H2/q+1. The molecule has 0 aromatic rings. The number of allylic oxidation sites excluding steroid dienone is 4. The van der Waals surface area contributed by atoms with Gasteiger partial charge in [0, 0.05) is 0 Å². The van der Waals surface area contributed by atoms with Crippen molar-refractivity contribution in [3.05, 3.63) is 29.5 Å². The average Bonchev–Trinajstić information content (AvgIpc) is 2.78. The fourth-order valence-corrected chi connectivity index (χ4v) is 1.43. The lowest BCUT2D eigenvalue weighted by Crippen LogP contribution is -2.18. The topological polar surface area (TPSA) is 0 Å². The predicted octanol–water partition coefficient (Wildman–Crippen LogP) is 3.62. The molecule has 0 amide bonds.